The number of nitrogens with zero attached hydrogens (tertiary/aromatic N) is 1. The predicted molar refractivity (Wildman–Crippen MR) is 84.0 cm³/mol. The lowest BCUT2D eigenvalue weighted by Crippen LogP contribution is -2.43. The van der Waals surface area contributed by atoms with Crippen molar-refractivity contribution < 1.29 is 14.3 Å². The SMILES string of the molecule is CC(C)(C)OC(=O)N1CCC2(c3ccc(C=O)cc3)CC2C1. The van der Waals surface area contributed by atoms with Gasteiger partial charge in [0.1, 0.15) is 11.9 Å². The summed E-state index contributed by atoms with van der Waals surface area (Å²) in [6, 6.07) is 7.89. The van der Waals surface area contributed by atoms with E-state index in [2.05, 4.69) is 12.1 Å². The Bertz CT molecular complexity index is 587. The first-order valence-electron chi connectivity index (χ1n) is 7.88. The monoisotopic (exact) mass is 301 g/mol. The number of fused-ring (bicyclic) bond motifs is 1. The van der Waals surface area contributed by atoms with Gasteiger partial charge in [-0.05, 0) is 45.1 Å². The molecule has 2 fully saturated rings. The molecule has 0 radical (unpaired) electrons. The molecule has 1 saturated carbocycles. The van der Waals surface area contributed by atoms with Crippen molar-refractivity contribution in [2.75, 3.05) is 13.1 Å². The number of rotatable bonds is 2. The molecule has 0 aromatic heterocycles. The number of aldehydes is 1. The highest BCUT2D eigenvalue weighted by molar-refractivity contribution is 5.74. The Hall–Kier alpha value is -1.84. The summed E-state index contributed by atoms with van der Waals surface area (Å²) in [4.78, 5) is 24.8. The zero-order valence-corrected chi connectivity index (χ0v) is 13.5. The van der Waals surface area contributed by atoms with Crippen LogP contribution in [0.5, 0.6) is 0 Å². The van der Waals surface area contributed by atoms with E-state index in [9.17, 15) is 9.59 Å². The van der Waals surface area contributed by atoms with Crippen LogP contribution in [0.4, 0.5) is 4.79 Å². The lowest BCUT2D eigenvalue weighted by atomic mass is 9.87. The van der Waals surface area contributed by atoms with Crippen LogP contribution in [0.1, 0.15) is 49.5 Å². The van der Waals surface area contributed by atoms with Crippen molar-refractivity contribution in [3.8, 4) is 0 Å². The molecule has 1 aliphatic carbocycles. The molecule has 1 amide bonds. The highest BCUT2D eigenvalue weighted by atomic mass is 16.6. The minimum atomic E-state index is -0.445. The molecule has 2 atom stereocenters. The van der Waals surface area contributed by atoms with Gasteiger partial charge in [-0.15, -0.1) is 0 Å². The quantitative estimate of drug-likeness (QED) is 0.787. The smallest absolute Gasteiger partial charge is 0.410 e. The largest absolute Gasteiger partial charge is 0.444 e. The van der Waals surface area contributed by atoms with E-state index in [1.165, 1.54) is 5.56 Å². The second-order valence-electron chi connectivity index (χ2n) is 7.47. The number of benzene rings is 1. The molecular weight excluding hydrogens is 278 g/mol. The molecule has 4 heteroatoms. The number of piperidine rings is 1. The van der Waals surface area contributed by atoms with E-state index in [0.29, 0.717) is 11.5 Å². The average Bonchev–Trinajstić information content (AvgIpc) is 3.20. The highest BCUT2D eigenvalue weighted by Gasteiger charge is 2.58. The van der Waals surface area contributed by atoms with Crippen molar-refractivity contribution >= 4 is 12.4 Å². The molecule has 1 aromatic carbocycles. The van der Waals surface area contributed by atoms with E-state index in [0.717, 1.165) is 32.2 Å². The zero-order valence-electron chi connectivity index (χ0n) is 13.5. The molecule has 1 saturated heterocycles. The van der Waals surface area contributed by atoms with Gasteiger partial charge in [-0.2, -0.15) is 0 Å². The Morgan fingerprint density at radius 1 is 1.32 bits per heavy atom. The van der Waals surface area contributed by atoms with Crippen LogP contribution in [0, 0.1) is 5.92 Å². The molecule has 0 N–H and O–H groups in total. The number of hydrogen-bond acceptors (Lipinski definition) is 3. The van der Waals surface area contributed by atoms with Crippen molar-refractivity contribution in [1.29, 1.82) is 0 Å². The Morgan fingerprint density at radius 3 is 2.55 bits per heavy atom. The number of amides is 1. The molecule has 22 heavy (non-hydrogen) atoms. The Kier molecular flexibility index (Phi) is 3.50. The third kappa shape index (κ3) is 2.74. The van der Waals surface area contributed by atoms with Crippen LogP contribution in [0.2, 0.25) is 0 Å². The molecule has 3 rings (SSSR count). The third-order valence-corrected chi connectivity index (χ3v) is 4.77. The van der Waals surface area contributed by atoms with Gasteiger partial charge < -0.3 is 9.64 Å². The van der Waals surface area contributed by atoms with E-state index >= 15 is 0 Å². The molecule has 2 unspecified atom stereocenters. The highest BCUT2D eigenvalue weighted by Crippen LogP contribution is 2.59. The van der Waals surface area contributed by atoms with Crippen LogP contribution in [-0.2, 0) is 10.2 Å². The molecule has 4 nitrogen and oxygen atoms in total. The Morgan fingerprint density at radius 2 is 2.00 bits per heavy atom. The molecule has 2 aliphatic rings. The van der Waals surface area contributed by atoms with Crippen LogP contribution >= 0.6 is 0 Å². The first-order chi connectivity index (χ1) is 10.3. The molecule has 1 aliphatic heterocycles. The average molecular weight is 301 g/mol. The van der Waals surface area contributed by atoms with Crippen LogP contribution in [0.15, 0.2) is 24.3 Å². The van der Waals surface area contributed by atoms with Gasteiger partial charge in [0.05, 0.1) is 0 Å². The number of carbonyl (C=O) groups excluding carboxylic acids is 2. The summed E-state index contributed by atoms with van der Waals surface area (Å²) in [6.07, 6.45) is 2.75. The Labute approximate surface area is 131 Å². The second-order valence-corrected chi connectivity index (χ2v) is 7.47. The zero-order chi connectivity index (χ0) is 16.0. The first kappa shape index (κ1) is 15.1. The van der Waals surface area contributed by atoms with E-state index in [1.807, 2.05) is 37.8 Å². The van der Waals surface area contributed by atoms with Gasteiger partial charge in [0.15, 0.2) is 0 Å². The summed E-state index contributed by atoms with van der Waals surface area (Å²) >= 11 is 0. The fourth-order valence-electron chi connectivity index (χ4n) is 3.50. The van der Waals surface area contributed by atoms with Crippen molar-refractivity contribution in [3.63, 3.8) is 0 Å². The van der Waals surface area contributed by atoms with Crippen LogP contribution in [-0.4, -0.2) is 36.0 Å². The molecule has 1 heterocycles. The van der Waals surface area contributed by atoms with Gasteiger partial charge in [-0.25, -0.2) is 4.79 Å². The van der Waals surface area contributed by atoms with Crippen molar-refractivity contribution in [2.24, 2.45) is 5.92 Å². The number of carbonyl (C=O) groups is 2. The van der Waals surface area contributed by atoms with Crippen LogP contribution < -0.4 is 0 Å². The van der Waals surface area contributed by atoms with Crippen LogP contribution in [0.3, 0.4) is 0 Å². The normalized spacial score (nSPS) is 27.0. The predicted octanol–water partition coefficient (Wildman–Crippen LogP) is 3.40. The van der Waals surface area contributed by atoms with Gasteiger partial charge in [-0.3, -0.25) is 4.79 Å². The molecule has 1 aromatic rings. The number of likely N-dealkylation sites (tertiary alicyclic amines) is 1. The van der Waals surface area contributed by atoms with Gasteiger partial charge in [0.25, 0.3) is 0 Å². The fourth-order valence-corrected chi connectivity index (χ4v) is 3.50. The number of ether oxygens (including phenoxy) is 1. The topological polar surface area (TPSA) is 46.6 Å². The van der Waals surface area contributed by atoms with E-state index in [-0.39, 0.29) is 11.5 Å². The van der Waals surface area contributed by atoms with Crippen molar-refractivity contribution in [2.45, 2.75) is 44.6 Å². The summed E-state index contributed by atoms with van der Waals surface area (Å²) < 4.78 is 5.46. The molecule has 0 bridgehead atoms. The summed E-state index contributed by atoms with van der Waals surface area (Å²) in [7, 11) is 0. The van der Waals surface area contributed by atoms with Crippen LogP contribution in [0.25, 0.3) is 0 Å². The lowest BCUT2D eigenvalue weighted by Gasteiger charge is -2.33. The Balaban J connectivity index is 1.66. The fraction of sp³-hybridized carbons (Fsp3) is 0.556. The van der Waals surface area contributed by atoms with Gasteiger partial charge in [0, 0.05) is 24.1 Å². The minimum Gasteiger partial charge on any atom is -0.444 e. The molecular formula is C18H23NO3. The number of hydrogen-bond donors (Lipinski definition) is 0. The molecule has 0 spiro atoms. The first-order valence-corrected chi connectivity index (χ1v) is 7.88. The van der Waals surface area contributed by atoms with Gasteiger partial charge in [-0.1, -0.05) is 24.3 Å². The summed E-state index contributed by atoms with van der Waals surface area (Å²) in [5.41, 5.74) is 1.77. The van der Waals surface area contributed by atoms with Crippen molar-refractivity contribution in [3.05, 3.63) is 35.4 Å². The van der Waals surface area contributed by atoms with E-state index in [4.69, 9.17) is 4.74 Å². The summed E-state index contributed by atoms with van der Waals surface area (Å²) in [5.74, 6) is 0.510. The van der Waals surface area contributed by atoms with Gasteiger partial charge in [0.2, 0.25) is 0 Å². The van der Waals surface area contributed by atoms with E-state index < -0.39 is 5.60 Å². The second kappa shape index (κ2) is 5.11. The minimum absolute atomic E-state index is 0.204. The molecule has 118 valence electrons. The standard InChI is InChI=1S/C18H23NO3/c1-17(2,3)22-16(21)19-9-8-18(10-15(18)11-19)14-6-4-13(12-20)5-7-14/h4-7,12,15H,8-11H2,1-3H3. The maximum Gasteiger partial charge on any atom is 0.410 e. The maximum atomic E-state index is 12.2. The van der Waals surface area contributed by atoms with Crippen molar-refractivity contribution in [1.82, 2.24) is 4.90 Å². The summed E-state index contributed by atoms with van der Waals surface area (Å²) in [6.45, 7) is 7.19. The van der Waals surface area contributed by atoms with Gasteiger partial charge >= 0.3 is 6.09 Å². The lowest BCUT2D eigenvalue weighted by molar-refractivity contribution is 0.0198. The van der Waals surface area contributed by atoms with E-state index in [1.54, 1.807) is 0 Å². The third-order valence-electron chi connectivity index (χ3n) is 4.77. The maximum absolute atomic E-state index is 12.2. The summed E-state index contributed by atoms with van der Waals surface area (Å²) in [5, 5.41) is 0.